The minimum Gasteiger partial charge on any atom is -0.411 e. The van der Waals surface area contributed by atoms with Gasteiger partial charge in [-0.05, 0) is 18.2 Å². The highest BCUT2D eigenvalue weighted by molar-refractivity contribution is 6.31. The molecule has 0 bridgehead atoms. The number of halogens is 4. The zero-order valence-electron chi connectivity index (χ0n) is 9.24. The van der Waals surface area contributed by atoms with Crippen LogP contribution in [0.2, 0.25) is 5.02 Å². The molecule has 4 nitrogen and oxygen atoms in total. The fourth-order valence-corrected chi connectivity index (χ4v) is 1.52. The number of benzene rings is 1. The van der Waals surface area contributed by atoms with E-state index in [1.54, 1.807) is 0 Å². The first-order valence-corrected chi connectivity index (χ1v) is 5.38. The van der Waals surface area contributed by atoms with Crippen molar-refractivity contribution >= 4 is 11.6 Å². The van der Waals surface area contributed by atoms with E-state index in [1.807, 2.05) is 0 Å². The molecule has 8 heteroatoms. The second-order valence-corrected chi connectivity index (χ2v) is 3.90. The lowest BCUT2D eigenvalue weighted by Crippen LogP contribution is -2.05. The number of aliphatic hydroxyl groups excluding tert-OH is 1. The molecule has 0 aliphatic rings. The van der Waals surface area contributed by atoms with E-state index < -0.39 is 16.8 Å². The minimum absolute atomic E-state index is 0.122. The lowest BCUT2D eigenvalue weighted by Gasteiger charge is -2.10. The Labute approximate surface area is 110 Å². The summed E-state index contributed by atoms with van der Waals surface area (Å²) in [5, 5.41) is 8.32. The summed E-state index contributed by atoms with van der Waals surface area (Å²) in [7, 11) is 0. The number of ether oxygens (including phenoxy) is 1. The molecule has 0 fully saturated rings. The van der Waals surface area contributed by atoms with Gasteiger partial charge in [0.25, 0.3) is 0 Å². The van der Waals surface area contributed by atoms with Crippen LogP contribution < -0.4 is 4.74 Å². The highest BCUT2D eigenvalue weighted by atomic mass is 35.5. The topological polar surface area (TPSA) is 55.5 Å². The number of oxazole rings is 1. The highest BCUT2D eigenvalue weighted by Crippen LogP contribution is 2.37. The van der Waals surface area contributed by atoms with E-state index in [0.717, 1.165) is 12.1 Å². The summed E-state index contributed by atoms with van der Waals surface area (Å²) < 4.78 is 47.7. The summed E-state index contributed by atoms with van der Waals surface area (Å²) in [6, 6.07) is 3.06. The number of aliphatic hydroxyl groups is 1. The maximum Gasteiger partial charge on any atom is 0.417 e. The summed E-state index contributed by atoms with van der Waals surface area (Å²) >= 11 is 5.46. The molecule has 2 aromatic rings. The smallest absolute Gasteiger partial charge is 0.411 e. The predicted octanol–water partition coefficient (Wildman–Crippen LogP) is 3.63. The fourth-order valence-electron chi connectivity index (χ4n) is 1.30. The molecular formula is C11H7ClF3NO3. The third-order valence-electron chi connectivity index (χ3n) is 2.14. The molecule has 0 radical (unpaired) electrons. The molecule has 0 atom stereocenters. The van der Waals surface area contributed by atoms with Gasteiger partial charge in [-0.2, -0.15) is 18.2 Å². The van der Waals surface area contributed by atoms with Crippen molar-refractivity contribution in [2.75, 3.05) is 0 Å². The quantitative estimate of drug-likeness (QED) is 0.939. The van der Waals surface area contributed by atoms with Gasteiger partial charge in [-0.15, -0.1) is 0 Å². The number of hydrogen-bond acceptors (Lipinski definition) is 4. The molecule has 0 spiro atoms. The van der Waals surface area contributed by atoms with Crippen molar-refractivity contribution in [2.24, 2.45) is 0 Å². The van der Waals surface area contributed by atoms with Crippen molar-refractivity contribution < 1.29 is 27.4 Å². The van der Waals surface area contributed by atoms with E-state index in [-0.39, 0.29) is 24.2 Å². The van der Waals surface area contributed by atoms with Gasteiger partial charge in [0.05, 0.1) is 16.8 Å². The monoisotopic (exact) mass is 293 g/mol. The van der Waals surface area contributed by atoms with Crippen molar-refractivity contribution in [1.29, 1.82) is 0 Å². The molecule has 0 saturated carbocycles. The van der Waals surface area contributed by atoms with Crippen LogP contribution in [-0.2, 0) is 12.8 Å². The maximum absolute atomic E-state index is 12.6. The molecule has 1 heterocycles. The Morgan fingerprint density at radius 3 is 2.68 bits per heavy atom. The molecule has 1 N–H and O–H groups in total. The first kappa shape index (κ1) is 13.7. The first-order valence-electron chi connectivity index (χ1n) is 5.00. The Bertz CT molecular complexity index is 583. The molecule has 0 unspecified atom stereocenters. The maximum atomic E-state index is 12.6. The number of alkyl halides is 3. The lowest BCUT2D eigenvalue weighted by atomic mass is 10.2. The molecular weight excluding hydrogens is 287 g/mol. The van der Waals surface area contributed by atoms with Crippen LogP contribution in [0.25, 0.3) is 0 Å². The van der Waals surface area contributed by atoms with E-state index in [9.17, 15) is 13.2 Å². The molecule has 0 saturated heterocycles. The van der Waals surface area contributed by atoms with Gasteiger partial charge in [0.15, 0.2) is 5.76 Å². The van der Waals surface area contributed by atoms with Crippen LogP contribution in [0.5, 0.6) is 11.8 Å². The lowest BCUT2D eigenvalue weighted by molar-refractivity contribution is -0.137. The van der Waals surface area contributed by atoms with Crippen molar-refractivity contribution in [3.63, 3.8) is 0 Å². The number of rotatable bonds is 3. The van der Waals surface area contributed by atoms with Crippen molar-refractivity contribution in [3.05, 3.63) is 40.7 Å². The van der Waals surface area contributed by atoms with Crippen LogP contribution in [0.4, 0.5) is 13.2 Å². The van der Waals surface area contributed by atoms with Crippen molar-refractivity contribution in [3.8, 4) is 11.8 Å². The molecule has 1 aromatic carbocycles. The van der Waals surface area contributed by atoms with Crippen LogP contribution in [0.3, 0.4) is 0 Å². The molecule has 19 heavy (non-hydrogen) atoms. The van der Waals surface area contributed by atoms with Crippen LogP contribution in [0, 0.1) is 0 Å². The van der Waals surface area contributed by atoms with Gasteiger partial charge in [-0.25, -0.2) is 0 Å². The third-order valence-corrected chi connectivity index (χ3v) is 2.47. The Hall–Kier alpha value is -1.73. The van der Waals surface area contributed by atoms with Gasteiger partial charge in [-0.3, -0.25) is 0 Å². The average molecular weight is 294 g/mol. The summed E-state index contributed by atoms with van der Waals surface area (Å²) in [4.78, 5) is 3.63. The van der Waals surface area contributed by atoms with E-state index in [0.29, 0.717) is 0 Å². The van der Waals surface area contributed by atoms with Crippen molar-refractivity contribution in [2.45, 2.75) is 12.8 Å². The van der Waals surface area contributed by atoms with E-state index in [1.165, 1.54) is 12.3 Å². The third kappa shape index (κ3) is 3.18. The van der Waals surface area contributed by atoms with E-state index in [4.69, 9.17) is 25.9 Å². The van der Waals surface area contributed by atoms with Gasteiger partial charge in [0, 0.05) is 0 Å². The second kappa shape index (κ2) is 5.10. The zero-order valence-corrected chi connectivity index (χ0v) is 10.00. The largest absolute Gasteiger partial charge is 0.417 e. The van der Waals surface area contributed by atoms with Crippen LogP contribution in [0.15, 0.2) is 28.8 Å². The molecule has 1 aromatic heterocycles. The standard InChI is InChI=1S/C11H7ClF3NO3/c12-9-2-1-6(3-8(9)11(13,14)15)18-10-16-4-7(5-17)19-10/h1-4,17H,5H2. The Balaban J connectivity index is 2.26. The summed E-state index contributed by atoms with van der Waals surface area (Å²) in [6.45, 7) is -0.384. The van der Waals surface area contributed by atoms with Gasteiger partial charge >= 0.3 is 12.3 Å². The average Bonchev–Trinajstić information content (AvgIpc) is 2.78. The molecule has 102 valence electrons. The normalized spacial score (nSPS) is 11.6. The predicted molar refractivity (Wildman–Crippen MR) is 59.0 cm³/mol. The van der Waals surface area contributed by atoms with Gasteiger partial charge in [0.1, 0.15) is 12.4 Å². The van der Waals surface area contributed by atoms with Crippen molar-refractivity contribution in [1.82, 2.24) is 4.98 Å². The molecule has 0 aliphatic heterocycles. The number of hydrogen-bond donors (Lipinski definition) is 1. The molecule has 0 aliphatic carbocycles. The fraction of sp³-hybridized carbons (Fsp3) is 0.182. The summed E-state index contributed by atoms with van der Waals surface area (Å²) in [5.74, 6) is 0.0167. The Morgan fingerprint density at radius 1 is 1.37 bits per heavy atom. The van der Waals surface area contributed by atoms with Gasteiger partial charge in [-0.1, -0.05) is 11.6 Å². The Kier molecular flexibility index (Phi) is 3.68. The molecule has 0 amide bonds. The molecule has 2 rings (SSSR count). The SMILES string of the molecule is OCc1cnc(Oc2ccc(Cl)c(C(F)(F)F)c2)o1. The summed E-state index contributed by atoms with van der Waals surface area (Å²) in [5.41, 5.74) is -1.01. The minimum atomic E-state index is -4.58. The van der Waals surface area contributed by atoms with Gasteiger partial charge in [0.2, 0.25) is 0 Å². The van der Waals surface area contributed by atoms with E-state index >= 15 is 0 Å². The van der Waals surface area contributed by atoms with Crippen LogP contribution in [0.1, 0.15) is 11.3 Å². The van der Waals surface area contributed by atoms with Crippen LogP contribution in [-0.4, -0.2) is 10.1 Å². The first-order chi connectivity index (χ1) is 8.90. The second-order valence-electron chi connectivity index (χ2n) is 3.49. The van der Waals surface area contributed by atoms with Crippen LogP contribution >= 0.6 is 11.6 Å². The van der Waals surface area contributed by atoms with E-state index in [2.05, 4.69) is 4.98 Å². The zero-order chi connectivity index (χ0) is 14.0. The Morgan fingerprint density at radius 2 is 2.11 bits per heavy atom. The number of nitrogens with zero attached hydrogens (tertiary/aromatic N) is 1. The number of aromatic nitrogens is 1. The summed E-state index contributed by atoms with van der Waals surface area (Å²) in [6.07, 6.45) is -3.64. The van der Waals surface area contributed by atoms with Gasteiger partial charge < -0.3 is 14.3 Å². The highest BCUT2D eigenvalue weighted by Gasteiger charge is 2.33.